The Morgan fingerprint density at radius 1 is 0.923 bits per heavy atom. The summed E-state index contributed by atoms with van der Waals surface area (Å²) < 4.78 is 0. The van der Waals surface area contributed by atoms with Crippen LogP contribution in [-0.2, 0) is 0 Å². The maximum absolute atomic E-state index is 4.01. The molecule has 1 aliphatic rings. The van der Waals surface area contributed by atoms with Crippen molar-refractivity contribution in [2.75, 3.05) is 0 Å². The van der Waals surface area contributed by atoms with E-state index in [-0.39, 0.29) is 0 Å². The standard InChI is InChI=1S/C26H32/c1-4-5-6-7-21-8-10-23(11-9-21)25-16-18-26(19-17-25)24-14-12-22(13-15-24)20(2)3/h4-5,12-19,21,23H,2,6-11H2,1,3H3. The van der Waals surface area contributed by atoms with Crippen LogP contribution in [0, 0.1) is 5.92 Å². The highest BCUT2D eigenvalue weighted by atomic mass is 14.3. The molecule has 1 aliphatic carbocycles. The average Bonchev–Trinajstić information content (AvgIpc) is 2.69. The normalized spacial score (nSPS) is 20.4. The van der Waals surface area contributed by atoms with E-state index in [1.54, 1.807) is 0 Å². The molecular formula is C26H32. The summed E-state index contributed by atoms with van der Waals surface area (Å²) in [6.45, 7) is 8.19. The molecule has 0 amide bonds. The molecule has 0 saturated heterocycles. The number of hydrogen-bond acceptors (Lipinski definition) is 0. The summed E-state index contributed by atoms with van der Waals surface area (Å²) in [4.78, 5) is 0. The van der Waals surface area contributed by atoms with Crippen molar-refractivity contribution < 1.29 is 0 Å². The van der Waals surface area contributed by atoms with Gasteiger partial charge in [-0.2, -0.15) is 0 Å². The molecule has 0 N–H and O–H groups in total. The second kappa shape index (κ2) is 9.03. The van der Waals surface area contributed by atoms with Gasteiger partial charge in [0, 0.05) is 0 Å². The summed E-state index contributed by atoms with van der Waals surface area (Å²) in [6, 6.07) is 18.0. The number of hydrogen-bond donors (Lipinski definition) is 0. The van der Waals surface area contributed by atoms with Crippen molar-refractivity contribution in [3.8, 4) is 11.1 Å². The van der Waals surface area contributed by atoms with Gasteiger partial charge in [-0.1, -0.05) is 72.8 Å². The van der Waals surface area contributed by atoms with E-state index in [4.69, 9.17) is 0 Å². The largest absolute Gasteiger partial charge is 0.0955 e. The molecule has 0 heteroatoms. The molecule has 0 nitrogen and oxygen atoms in total. The first-order valence-electron chi connectivity index (χ1n) is 10.1. The van der Waals surface area contributed by atoms with Gasteiger partial charge in [-0.15, -0.1) is 0 Å². The summed E-state index contributed by atoms with van der Waals surface area (Å²) in [6.07, 6.45) is 12.6. The molecule has 0 aliphatic heterocycles. The molecule has 2 aromatic carbocycles. The Labute approximate surface area is 159 Å². The van der Waals surface area contributed by atoms with E-state index in [9.17, 15) is 0 Å². The molecule has 3 rings (SSSR count). The molecule has 136 valence electrons. The molecular weight excluding hydrogens is 312 g/mol. The molecule has 2 aromatic rings. The summed E-state index contributed by atoms with van der Waals surface area (Å²) in [7, 11) is 0. The summed E-state index contributed by atoms with van der Waals surface area (Å²) in [5.74, 6) is 1.70. The predicted molar refractivity (Wildman–Crippen MR) is 115 cm³/mol. The molecule has 1 fully saturated rings. The summed E-state index contributed by atoms with van der Waals surface area (Å²) >= 11 is 0. The second-order valence-corrected chi connectivity index (χ2v) is 7.84. The zero-order chi connectivity index (χ0) is 18.4. The number of rotatable bonds is 6. The minimum atomic E-state index is 0.757. The van der Waals surface area contributed by atoms with Crippen LogP contribution in [0.4, 0.5) is 0 Å². The number of allylic oxidation sites excluding steroid dienone is 3. The van der Waals surface area contributed by atoms with Crippen LogP contribution in [0.1, 0.15) is 69.4 Å². The van der Waals surface area contributed by atoms with Crippen LogP contribution >= 0.6 is 0 Å². The van der Waals surface area contributed by atoms with Crippen LogP contribution in [0.15, 0.2) is 67.3 Å². The lowest BCUT2D eigenvalue weighted by atomic mass is 9.77. The molecule has 0 spiro atoms. The molecule has 0 radical (unpaired) electrons. The Morgan fingerprint density at radius 3 is 2.04 bits per heavy atom. The van der Waals surface area contributed by atoms with Gasteiger partial charge in [0.05, 0.1) is 0 Å². The zero-order valence-corrected chi connectivity index (χ0v) is 16.4. The fourth-order valence-electron chi connectivity index (χ4n) is 4.18. The highest BCUT2D eigenvalue weighted by Crippen LogP contribution is 2.38. The molecule has 1 saturated carbocycles. The molecule has 0 unspecified atom stereocenters. The summed E-state index contributed by atoms with van der Waals surface area (Å²) in [5, 5.41) is 0. The smallest absolute Gasteiger partial charge is 0.0162 e. The van der Waals surface area contributed by atoms with E-state index in [2.05, 4.69) is 81.1 Å². The van der Waals surface area contributed by atoms with Gasteiger partial charge >= 0.3 is 0 Å². The van der Waals surface area contributed by atoms with Gasteiger partial charge in [-0.3, -0.25) is 0 Å². The fourth-order valence-corrected chi connectivity index (χ4v) is 4.18. The highest BCUT2D eigenvalue weighted by molar-refractivity contribution is 5.68. The Bertz CT molecular complexity index is 723. The fraction of sp³-hybridized carbons (Fsp3) is 0.385. The van der Waals surface area contributed by atoms with Crippen molar-refractivity contribution >= 4 is 5.57 Å². The van der Waals surface area contributed by atoms with Gasteiger partial charge in [-0.05, 0) is 86.5 Å². The predicted octanol–water partition coefficient (Wildman–Crippen LogP) is 8.02. The number of benzene rings is 2. The van der Waals surface area contributed by atoms with E-state index in [0.717, 1.165) is 17.4 Å². The first-order valence-corrected chi connectivity index (χ1v) is 10.1. The lowest BCUT2D eigenvalue weighted by molar-refractivity contribution is 0.312. The highest BCUT2D eigenvalue weighted by Gasteiger charge is 2.21. The third-order valence-corrected chi connectivity index (χ3v) is 5.92. The Hall–Kier alpha value is -2.08. The monoisotopic (exact) mass is 344 g/mol. The Kier molecular flexibility index (Phi) is 6.50. The van der Waals surface area contributed by atoms with Crippen LogP contribution in [0.3, 0.4) is 0 Å². The topological polar surface area (TPSA) is 0 Å². The lowest BCUT2D eigenvalue weighted by Gasteiger charge is -2.28. The second-order valence-electron chi connectivity index (χ2n) is 7.84. The van der Waals surface area contributed by atoms with Crippen LogP contribution < -0.4 is 0 Å². The van der Waals surface area contributed by atoms with Gasteiger partial charge in [0.25, 0.3) is 0 Å². The van der Waals surface area contributed by atoms with Gasteiger partial charge in [0.1, 0.15) is 0 Å². The van der Waals surface area contributed by atoms with Gasteiger partial charge in [0.15, 0.2) is 0 Å². The van der Waals surface area contributed by atoms with Crippen molar-refractivity contribution in [2.24, 2.45) is 5.92 Å². The first-order chi connectivity index (χ1) is 12.7. The third kappa shape index (κ3) is 4.75. The van der Waals surface area contributed by atoms with E-state index < -0.39 is 0 Å². The first kappa shape index (κ1) is 18.7. The maximum atomic E-state index is 4.01. The SMILES string of the molecule is C=C(C)c1ccc(-c2ccc(C3CCC(CCC=CC)CC3)cc2)cc1. The van der Waals surface area contributed by atoms with Crippen LogP contribution in [0.5, 0.6) is 0 Å². The minimum absolute atomic E-state index is 0.757. The molecule has 0 aromatic heterocycles. The van der Waals surface area contributed by atoms with E-state index in [1.165, 1.54) is 60.8 Å². The van der Waals surface area contributed by atoms with E-state index >= 15 is 0 Å². The maximum Gasteiger partial charge on any atom is -0.0162 e. The van der Waals surface area contributed by atoms with Crippen molar-refractivity contribution in [2.45, 2.75) is 58.3 Å². The van der Waals surface area contributed by atoms with Crippen LogP contribution in [0.25, 0.3) is 16.7 Å². The molecule has 0 atom stereocenters. The zero-order valence-electron chi connectivity index (χ0n) is 16.4. The average molecular weight is 345 g/mol. The Morgan fingerprint density at radius 2 is 1.50 bits per heavy atom. The van der Waals surface area contributed by atoms with E-state index in [0.29, 0.717) is 0 Å². The van der Waals surface area contributed by atoms with Crippen LogP contribution in [0.2, 0.25) is 0 Å². The molecule has 0 bridgehead atoms. The minimum Gasteiger partial charge on any atom is -0.0955 e. The molecule has 0 heterocycles. The Balaban J connectivity index is 1.59. The lowest BCUT2D eigenvalue weighted by Crippen LogP contribution is -2.13. The van der Waals surface area contributed by atoms with Crippen molar-refractivity contribution in [3.05, 3.63) is 78.4 Å². The van der Waals surface area contributed by atoms with Gasteiger partial charge in [0.2, 0.25) is 0 Å². The molecule has 26 heavy (non-hydrogen) atoms. The summed E-state index contributed by atoms with van der Waals surface area (Å²) in [5.41, 5.74) is 6.46. The van der Waals surface area contributed by atoms with Gasteiger partial charge in [-0.25, -0.2) is 0 Å². The van der Waals surface area contributed by atoms with Gasteiger partial charge < -0.3 is 0 Å². The van der Waals surface area contributed by atoms with Crippen molar-refractivity contribution in [1.82, 2.24) is 0 Å². The quantitative estimate of drug-likeness (QED) is 0.465. The third-order valence-electron chi connectivity index (χ3n) is 5.92. The van der Waals surface area contributed by atoms with E-state index in [1.807, 2.05) is 0 Å². The van der Waals surface area contributed by atoms with Crippen molar-refractivity contribution in [1.29, 1.82) is 0 Å². The van der Waals surface area contributed by atoms with Crippen molar-refractivity contribution in [3.63, 3.8) is 0 Å². The van der Waals surface area contributed by atoms with Crippen LogP contribution in [-0.4, -0.2) is 0 Å².